The van der Waals surface area contributed by atoms with Crippen LogP contribution in [0.3, 0.4) is 0 Å². The van der Waals surface area contributed by atoms with Crippen molar-refractivity contribution in [2.75, 3.05) is 0 Å². The molecule has 0 N–H and O–H groups in total. The van der Waals surface area contributed by atoms with Crippen LogP contribution >= 0.6 is 0 Å². The predicted molar refractivity (Wildman–Crippen MR) is 95.3 cm³/mol. The van der Waals surface area contributed by atoms with Crippen LogP contribution in [0.4, 0.5) is 79.0 Å². The summed E-state index contributed by atoms with van der Waals surface area (Å²) in [6.07, 6.45) is -40.4. The molecule has 0 unspecified atom stereocenters. The van der Waals surface area contributed by atoms with Gasteiger partial charge < -0.3 is 0 Å². The number of alkyl halides is 18. The molecule has 40 heavy (non-hydrogen) atoms. The number of Topliss-reactive ketones (excluding diaryl/α,β-unsaturated/α-hetero) is 1. The Morgan fingerprint density at radius 2 is 0.700 bits per heavy atom. The first-order chi connectivity index (χ1) is 17.5. The van der Waals surface area contributed by atoms with E-state index >= 15 is 0 Å². The second-order valence-corrected chi connectivity index (χ2v) is 7.99. The molecular formula is C21H8F18O. The minimum atomic E-state index is -6.13. The lowest BCUT2D eigenvalue weighted by Crippen LogP contribution is -2.24. The van der Waals surface area contributed by atoms with Crippen LogP contribution in [0.15, 0.2) is 24.3 Å². The Balaban J connectivity index is 2.81. The van der Waals surface area contributed by atoms with E-state index in [1.54, 1.807) is 0 Å². The summed E-state index contributed by atoms with van der Waals surface area (Å²) in [4.78, 5) is 12.3. The van der Waals surface area contributed by atoms with Crippen LogP contribution in [0.2, 0.25) is 0 Å². The van der Waals surface area contributed by atoms with E-state index in [4.69, 9.17) is 0 Å². The van der Waals surface area contributed by atoms with Gasteiger partial charge in [0.25, 0.3) is 0 Å². The summed E-state index contributed by atoms with van der Waals surface area (Å²) < 4.78 is 238. The van der Waals surface area contributed by atoms with Crippen molar-refractivity contribution in [2.45, 2.75) is 49.9 Å². The van der Waals surface area contributed by atoms with E-state index in [0.29, 0.717) is 0 Å². The van der Waals surface area contributed by atoms with E-state index in [9.17, 15) is 83.8 Å². The molecule has 1 nitrogen and oxygen atoms in total. The van der Waals surface area contributed by atoms with Crippen molar-refractivity contribution in [3.05, 3.63) is 68.8 Å². The van der Waals surface area contributed by atoms with Gasteiger partial charge in [-0.3, -0.25) is 4.79 Å². The third kappa shape index (κ3) is 7.52. The first kappa shape index (κ1) is 33.1. The predicted octanol–water partition coefficient (Wildman–Crippen LogP) is 9.15. The quantitative estimate of drug-likeness (QED) is 0.313. The van der Waals surface area contributed by atoms with Gasteiger partial charge in [-0.05, 0) is 35.4 Å². The molecule has 19 heteroatoms. The maximum Gasteiger partial charge on any atom is 0.417 e. The molecule has 0 saturated carbocycles. The largest absolute Gasteiger partial charge is 0.417 e. The van der Waals surface area contributed by atoms with E-state index in [1.807, 2.05) is 0 Å². The molecular weight excluding hydrogens is 610 g/mol. The number of carbonyl (C=O) groups is 1. The highest BCUT2D eigenvalue weighted by molar-refractivity contribution is 5.84. The Morgan fingerprint density at radius 3 is 0.900 bits per heavy atom. The average Bonchev–Trinajstić information content (AvgIpc) is 2.68. The van der Waals surface area contributed by atoms with Crippen LogP contribution in [-0.4, -0.2) is 5.78 Å². The molecule has 2 aromatic carbocycles. The Kier molecular flexibility index (Phi) is 8.30. The summed E-state index contributed by atoms with van der Waals surface area (Å²) in [7, 11) is 0. The molecule has 2 rings (SSSR count). The molecule has 0 radical (unpaired) electrons. The van der Waals surface area contributed by atoms with Crippen molar-refractivity contribution >= 4 is 5.78 Å². The molecule has 0 spiro atoms. The fourth-order valence-corrected chi connectivity index (χ4v) is 3.61. The van der Waals surface area contributed by atoms with Gasteiger partial charge in [-0.1, -0.05) is 0 Å². The highest BCUT2D eigenvalue weighted by Crippen LogP contribution is 2.47. The lowest BCUT2D eigenvalue weighted by molar-refractivity contribution is -0.164. The fourth-order valence-electron chi connectivity index (χ4n) is 3.61. The number of benzene rings is 2. The molecule has 0 fully saturated rings. The van der Waals surface area contributed by atoms with Gasteiger partial charge in [-0.2, -0.15) is 79.0 Å². The maximum absolute atomic E-state index is 13.4. The Morgan fingerprint density at radius 1 is 0.425 bits per heavy atom. The molecule has 0 bridgehead atoms. The van der Waals surface area contributed by atoms with Crippen molar-refractivity contribution in [3.63, 3.8) is 0 Å². The van der Waals surface area contributed by atoms with Gasteiger partial charge in [0.05, 0.1) is 33.4 Å². The normalized spacial score (nSPS) is 14.1. The highest BCUT2D eigenvalue weighted by atomic mass is 19.4. The zero-order valence-electron chi connectivity index (χ0n) is 18.4. The van der Waals surface area contributed by atoms with Gasteiger partial charge in [-0.25, -0.2) is 0 Å². The molecule has 0 aromatic heterocycles. The number of ketones is 1. The van der Waals surface area contributed by atoms with Crippen LogP contribution in [0, 0.1) is 0 Å². The van der Waals surface area contributed by atoms with E-state index in [0.717, 1.165) is 0 Å². The van der Waals surface area contributed by atoms with E-state index in [-0.39, 0.29) is 0 Å². The van der Waals surface area contributed by atoms with Gasteiger partial charge in [0.1, 0.15) is 5.78 Å². The van der Waals surface area contributed by atoms with Crippen LogP contribution in [0.1, 0.15) is 44.5 Å². The number of halogens is 18. The molecule has 0 amide bonds. The SMILES string of the molecule is O=C(Cc1cc(C(F)(F)F)cc(C(F)(F)F)c1C(F)(F)F)Cc1cc(C(F)(F)F)cc(C(F)(F)F)c1C(F)(F)F. The Bertz CT molecular complexity index is 1170. The van der Waals surface area contributed by atoms with Crippen molar-refractivity contribution in [2.24, 2.45) is 0 Å². The van der Waals surface area contributed by atoms with Gasteiger partial charge in [0.15, 0.2) is 0 Å². The Labute approximate surface area is 209 Å². The van der Waals surface area contributed by atoms with Crippen molar-refractivity contribution in [1.82, 2.24) is 0 Å². The second-order valence-electron chi connectivity index (χ2n) is 7.99. The summed E-state index contributed by atoms with van der Waals surface area (Å²) in [5.41, 5.74) is -20.6. The van der Waals surface area contributed by atoms with Gasteiger partial charge in [-0.15, -0.1) is 0 Å². The molecule has 0 atom stereocenters. The summed E-state index contributed by atoms with van der Waals surface area (Å²) in [6, 6.07) is -3.09. The van der Waals surface area contributed by atoms with Crippen molar-refractivity contribution in [3.8, 4) is 0 Å². The summed E-state index contributed by atoms with van der Waals surface area (Å²) >= 11 is 0. The maximum atomic E-state index is 13.4. The fraction of sp³-hybridized carbons (Fsp3) is 0.381. The first-order valence-corrected chi connectivity index (χ1v) is 9.83. The van der Waals surface area contributed by atoms with E-state index < -0.39 is 124 Å². The first-order valence-electron chi connectivity index (χ1n) is 9.83. The van der Waals surface area contributed by atoms with Gasteiger partial charge >= 0.3 is 37.1 Å². The number of rotatable bonds is 4. The molecule has 0 aliphatic heterocycles. The minimum Gasteiger partial charge on any atom is -0.299 e. The third-order valence-electron chi connectivity index (χ3n) is 5.05. The van der Waals surface area contributed by atoms with Gasteiger partial charge in [0.2, 0.25) is 0 Å². The minimum absolute atomic E-state index is 0.589. The average molecular weight is 618 g/mol. The lowest BCUT2D eigenvalue weighted by atomic mass is 9.89. The van der Waals surface area contributed by atoms with Crippen LogP contribution in [-0.2, 0) is 54.7 Å². The van der Waals surface area contributed by atoms with E-state index in [2.05, 4.69) is 0 Å². The molecule has 0 heterocycles. The molecule has 0 aliphatic rings. The number of hydrogen-bond donors (Lipinski definition) is 0. The van der Waals surface area contributed by atoms with Gasteiger partial charge in [0, 0.05) is 12.8 Å². The topological polar surface area (TPSA) is 17.1 Å². The van der Waals surface area contributed by atoms with Crippen molar-refractivity contribution < 1.29 is 83.8 Å². The van der Waals surface area contributed by atoms with Crippen LogP contribution in [0.5, 0.6) is 0 Å². The number of carbonyl (C=O) groups excluding carboxylic acids is 1. The second kappa shape index (κ2) is 10.0. The lowest BCUT2D eigenvalue weighted by Gasteiger charge is -2.23. The van der Waals surface area contributed by atoms with Crippen LogP contribution < -0.4 is 0 Å². The summed E-state index contributed by atoms with van der Waals surface area (Å²) in [5, 5.41) is 0. The zero-order valence-corrected chi connectivity index (χ0v) is 18.4. The standard InChI is InChI=1S/C21H8F18O/c22-16(23,24)9-1-7(14(20(34,35)36)12(5-9)18(28,29)30)3-11(40)4-8-2-10(17(25,26)27)6-13(19(31,32)33)15(8)21(37,38)39/h1-2,5-6H,3-4H2. The van der Waals surface area contributed by atoms with Crippen molar-refractivity contribution in [1.29, 1.82) is 0 Å². The zero-order chi connectivity index (χ0) is 31.4. The molecule has 0 aliphatic carbocycles. The summed E-state index contributed by atoms with van der Waals surface area (Å²) in [5.74, 6) is -2.17. The Hall–Kier alpha value is -3.15. The van der Waals surface area contributed by atoms with Crippen LogP contribution in [0.25, 0.3) is 0 Å². The smallest absolute Gasteiger partial charge is 0.299 e. The highest BCUT2D eigenvalue weighted by Gasteiger charge is 2.49. The number of hydrogen-bond acceptors (Lipinski definition) is 1. The molecule has 0 saturated heterocycles. The third-order valence-corrected chi connectivity index (χ3v) is 5.05. The van der Waals surface area contributed by atoms with E-state index in [1.165, 1.54) is 0 Å². The molecule has 2 aromatic rings. The summed E-state index contributed by atoms with van der Waals surface area (Å²) in [6.45, 7) is 0. The monoisotopic (exact) mass is 618 g/mol. The molecule has 224 valence electrons.